The minimum atomic E-state index is -0.206. The molecule has 0 spiro atoms. The Bertz CT molecular complexity index is 475. The Balaban J connectivity index is 2.82. The molecule has 0 bridgehead atoms. The molecule has 20 heavy (non-hydrogen) atoms. The summed E-state index contributed by atoms with van der Waals surface area (Å²) >= 11 is 4.00. The molecule has 3 nitrogen and oxygen atoms in total. The van der Waals surface area contributed by atoms with Crippen molar-refractivity contribution in [1.82, 2.24) is 0 Å². The first-order valence-electron chi connectivity index (χ1n) is 6.85. The van der Waals surface area contributed by atoms with E-state index < -0.39 is 0 Å². The highest BCUT2D eigenvalue weighted by atomic mass is 32.1. The van der Waals surface area contributed by atoms with Gasteiger partial charge in [-0.25, -0.2) is 0 Å². The fourth-order valence-corrected chi connectivity index (χ4v) is 2.14. The molecular weight excluding hydrogens is 272 g/mol. The quantitative estimate of drug-likeness (QED) is 0.646. The summed E-state index contributed by atoms with van der Waals surface area (Å²) in [5.74, 6) is 0.680. The number of thiol groups is 1. The maximum atomic E-state index is 11.5. The van der Waals surface area contributed by atoms with Crippen LogP contribution < -0.4 is 0 Å². The fourth-order valence-electron chi connectivity index (χ4n) is 2.05. The van der Waals surface area contributed by atoms with E-state index in [1.807, 2.05) is 19.1 Å². The van der Waals surface area contributed by atoms with Crippen LogP contribution >= 0.6 is 12.6 Å². The molecular formula is C16H24O3S. The summed E-state index contributed by atoms with van der Waals surface area (Å²) in [7, 11) is 0. The molecule has 0 saturated carbocycles. The van der Waals surface area contributed by atoms with Gasteiger partial charge in [-0.1, -0.05) is 32.9 Å². The molecule has 112 valence electrons. The van der Waals surface area contributed by atoms with E-state index in [0.29, 0.717) is 31.0 Å². The number of carbonyl (C=O) groups is 1. The van der Waals surface area contributed by atoms with Crippen LogP contribution in [0.25, 0.3) is 0 Å². The molecule has 0 aliphatic carbocycles. The fraction of sp³-hybridized carbons (Fsp3) is 0.562. The van der Waals surface area contributed by atoms with Crippen molar-refractivity contribution in [3.8, 4) is 5.75 Å². The SMILES string of the molecule is Cc1cc(CCC(=O)OCCS)cc(C(C)(C)C)c1O. The van der Waals surface area contributed by atoms with Crippen molar-refractivity contribution in [2.75, 3.05) is 12.4 Å². The van der Waals surface area contributed by atoms with Crippen molar-refractivity contribution in [1.29, 1.82) is 0 Å². The molecule has 0 unspecified atom stereocenters. The molecule has 0 radical (unpaired) electrons. The first kappa shape index (κ1) is 16.9. The number of aromatic hydroxyl groups is 1. The summed E-state index contributed by atoms with van der Waals surface area (Å²) in [5, 5.41) is 10.2. The number of carbonyl (C=O) groups excluding carboxylic acids is 1. The monoisotopic (exact) mass is 296 g/mol. The molecule has 1 aromatic rings. The molecule has 4 heteroatoms. The Kier molecular flexibility index (Phi) is 5.93. The maximum Gasteiger partial charge on any atom is 0.306 e. The van der Waals surface area contributed by atoms with Gasteiger partial charge in [-0.2, -0.15) is 12.6 Å². The lowest BCUT2D eigenvalue weighted by Gasteiger charge is -2.22. The molecule has 1 rings (SSSR count). The molecule has 0 aliphatic heterocycles. The molecule has 0 amide bonds. The zero-order valence-electron chi connectivity index (χ0n) is 12.7. The standard InChI is InChI=1S/C16H24O3S/c1-11-9-12(5-6-14(17)19-7-8-20)10-13(15(11)18)16(2,3)4/h9-10,18,20H,5-8H2,1-4H3. The van der Waals surface area contributed by atoms with Crippen molar-refractivity contribution in [2.45, 2.75) is 46.0 Å². The molecule has 1 aromatic carbocycles. The molecule has 1 N–H and O–H groups in total. The Morgan fingerprint density at radius 1 is 1.35 bits per heavy atom. The Morgan fingerprint density at radius 3 is 2.55 bits per heavy atom. The average molecular weight is 296 g/mol. The highest BCUT2D eigenvalue weighted by Crippen LogP contribution is 2.34. The zero-order valence-corrected chi connectivity index (χ0v) is 13.6. The minimum Gasteiger partial charge on any atom is -0.507 e. The number of benzene rings is 1. The largest absolute Gasteiger partial charge is 0.507 e. The van der Waals surface area contributed by atoms with Crippen LogP contribution in [0, 0.1) is 6.92 Å². The van der Waals surface area contributed by atoms with Gasteiger partial charge in [0, 0.05) is 12.2 Å². The van der Waals surface area contributed by atoms with Gasteiger partial charge in [0.25, 0.3) is 0 Å². The second-order valence-electron chi connectivity index (χ2n) is 6.00. The van der Waals surface area contributed by atoms with E-state index in [9.17, 15) is 9.90 Å². The lowest BCUT2D eigenvalue weighted by molar-refractivity contribution is -0.142. The van der Waals surface area contributed by atoms with Gasteiger partial charge in [0.2, 0.25) is 0 Å². The number of hydrogen-bond acceptors (Lipinski definition) is 4. The summed E-state index contributed by atoms with van der Waals surface area (Å²) in [6.07, 6.45) is 0.969. The number of rotatable bonds is 5. The first-order chi connectivity index (χ1) is 9.25. The van der Waals surface area contributed by atoms with Crippen LogP contribution in [0.5, 0.6) is 5.75 Å². The van der Waals surface area contributed by atoms with Crippen molar-refractivity contribution < 1.29 is 14.6 Å². The van der Waals surface area contributed by atoms with Gasteiger partial charge >= 0.3 is 5.97 Å². The third-order valence-electron chi connectivity index (χ3n) is 3.14. The van der Waals surface area contributed by atoms with Crippen LogP contribution in [0.2, 0.25) is 0 Å². The molecule has 0 aliphatic rings. The van der Waals surface area contributed by atoms with Crippen molar-refractivity contribution in [3.05, 3.63) is 28.8 Å². The van der Waals surface area contributed by atoms with E-state index in [0.717, 1.165) is 16.7 Å². The summed E-state index contributed by atoms with van der Waals surface area (Å²) in [5.41, 5.74) is 2.68. The van der Waals surface area contributed by atoms with Gasteiger partial charge < -0.3 is 9.84 Å². The second kappa shape index (κ2) is 7.02. The lowest BCUT2D eigenvalue weighted by atomic mass is 9.83. The summed E-state index contributed by atoms with van der Waals surface area (Å²) in [6.45, 7) is 8.42. The third kappa shape index (κ3) is 4.75. The van der Waals surface area contributed by atoms with Crippen molar-refractivity contribution in [3.63, 3.8) is 0 Å². The number of aryl methyl sites for hydroxylation is 2. The van der Waals surface area contributed by atoms with Crippen LogP contribution in [0.3, 0.4) is 0 Å². The average Bonchev–Trinajstić information content (AvgIpc) is 2.36. The molecule has 0 atom stereocenters. The van der Waals surface area contributed by atoms with Crippen molar-refractivity contribution in [2.24, 2.45) is 0 Å². The van der Waals surface area contributed by atoms with Gasteiger partial charge in [0.15, 0.2) is 0 Å². The molecule has 0 heterocycles. The van der Waals surface area contributed by atoms with Gasteiger partial charge in [0.1, 0.15) is 12.4 Å². The van der Waals surface area contributed by atoms with Crippen LogP contribution in [-0.4, -0.2) is 23.4 Å². The van der Waals surface area contributed by atoms with Crippen LogP contribution in [0.15, 0.2) is 12.1 Å². The summed E-state index contributed by atoms with van der Waals surface area (Å²) in [6, 6.07) is 3.91. The molecule has 0 aromatic heterocycles. The minimum absolute atomic E-state index is 0.128. The predicted octanol–water partition coefficient (Wildman–Crippen LogP) is 3.40. The zero-order chi connectivity index (χ0) is 15.3. The van der Waals surface area contributed by atoms with Gasteiger partial charge in [-0.15, -0.1) is 0 Å². The summed E-state index contributed by atoms with van der Waals surface area (Å²) < 4.78 is 5.00. The number of phenolic OH excluding ortho intramolecular Hbond substituents is 1. The highest BCUT2D eigenvalue weighted by molar-refractivity contribution is 7.80. The predicted molar refractivity (Wildman–Crippen MR) is 84.7 cm³/mol. The number of ether oxygens (including phenoxy) is 1. The van der Waals surface area contributed by atoms with E-state index in [2.05, 4.69) is 33.4 Å². The topological polar surface area (TPSA) is 46.5 Å². The van der Waals surface area contributed by atoms with Crippen LogP contribution in [0.1, 0.15) is 43.9 Å². The number of hydrogen-bond donors (Lipinski definition) is 2. The Hall–Kier alpha value is -1.16. The molecule has 0 saturated heterocycles. The van der Waals surface area contributed by atoms with Crippen LogP contribution in [0.4, 0.5) is 0 Å². The summed E-state index contributed by atoms with van der Waals surface area (Å²) in [4.78, 5) is 11.5. The van der Waals surface area contributed by atoms with Gasteiger partial charge in [-0.05, 0) is 35.4 Å². The first-order valence-corrected chi connectivity index (χ1v) is 7.48. The van der Waals surface area contributed by atoms with E-state index in [4.69, 9.17) is 4.74 Å². The Morgan fingerprint density at radius 2 is 2.00 bits per heavy atom. The van der Waals surface area contributed by atoms with Gasteiger partial charge in [0.05, 0.1) is 0 Å². The van der Waals surface area contributed by atoms with E-state index in [1.165, 1.54) is 0 Å². The number of phenols is 1. The normalized spacial score (nSPS) is 11.4. The van der Waals surface area contributed by atoms with Crippen molar-refractivity contribution >= 4 is 18.6 Å². The Labute approximate surface area is 126 Å². The van der Waals surface area contributed by atoms with Crippen LogP contribution in [-0.2, 0) is 21.4 Å². The maximum absolute atomic E-state index is 11.5. The van der Waals surface area contributed by atoms with Gasteiger partial charge in [-0.3, -0.25) is 4.79 Å². The van der Waals surface area contributed by atoms with E-state index >= 15 is 0 Å². The van der Waals surface area contributed by atoms with E-state index in [-0.39, 0.29) is 11.4 Å². The smallest absolute Gasteiger partial charge is 0.306 e. The lowest BCUT2D eigenvalue weighted by Crippen LogP contribution is -2.13. The second-order valence-corrected chi connectivity index (χ2v) is 6.45. The van der Waals surface area contributed by atoms with E-state index in [1.54, 1.807) is 0 Å². The third-order valence-corrected chi connectivity index (χ3v) is 3.32. The number of esters is 1. The molecule has 0 fully saturated rings. The highest BCUT2D eigenvalue weighted by Gasteiger charge is 2.20.